The average Bonchev–Trinajstić information content (AvgIpc) is 3.95. The Labute approximate surface area is 296 Å². The Hall–Kier alpha value is -6.49. The summed E-state index contributed by atoms with van der Waals surface area (Å²) in [6, 6.07) is 59.7. The van der Waals surface area contributed by atoms with Crippen molar-refractivity contribution >= 4 is 76.5 Å². The molecule has 0 saturated heterocycles. The van der Waals surface area contributed by atoms with Crippen molar-refractivity contribution < 1.29 is 0 Å². The van der Waals surface area contributed by atoms with Crippen LogP contribution in [0.5, 0.6) is 0 Å². The second kappa shape index (κ2) is 10.0. The molecule has 0 radical (unpaired) electrons. The van der Waals surface area contributed by atoms with Gasteiger partial charge in [-0.05, 0) is 70.1 Å². The second-order valence-electron chi connectivity index (χ2n) is 13.5. The maximum absolute atomic E-state index is 5.25. The first-order valence-corrected chi connectivity index (χ1v) is 18.2. The predicted molar refractivity (Wildman–Crippen MR) is 216 cm³/mol. The molecule has 0 bridgehead atoms. The topological polar surface area (TPSA) is 22.8 Å². The number of nitrogens with zero attached hydrogens (tertiary/aromatic N) is 3. The van der Waals surface area contributed by atoms with E-state index in [1.54, 1.807) is 11.3 Å². The highest BCUT2D eigenvalue weighted by molar-refractivity contribution is 7.19. The fourth-order valence-electron chi connectivity index (χ4n) is 8.80. The van der Waals surface area contributed by atoms with Crippen LogP contribution in [-0.4, -0.2) is 14.1 Å². The fraction of sp³-hybridized carbons (Fsp3) is 0. The third kappa shape index (κ3) is 3.59. The van der Waals surface area contributed by atoms with E-state index in [-0.39, 0.29) is 0 Å². The molecule has 3 heterocycles. The summed E-state index contributed by atoms with van der Waals surface area (Å²) in [7, 11) is 0. The van der Waals surface area contributed by atoms with Gasteiger partial charge in [0.15, 0.2) is 0 Å². The van der Waals surface area contributed by atoms with Crippen molar-refractivity contribution in [1.29, 1.82) is 0 Å². The van der Waals surface area contributed by atoms with Crippen molar-refractivity contribution in [2.45, 2.75) is 0 Å². The molecule has 1 aliphatic rings. The van der Waals surface area contributed by atoms with E-state index >= 15 is 0 Å². The predicted octanol–water partition coefficient (Wildman–Crippen LogP) is 13.0. The Bertz CT molecular complexity index is 3180. The number of thiazole rings is 1. The quantitative estimate of drug-likeness (QED) is 0.184. The van der Waals surface area contributed by atoms with Crippen molar-refractivity contribution in [3.8, 4) is 43.6 Å². The number of para-hydroxylation sites is 3. The minimum absolute atomic E-state index is 1.05. The maximum atomic E-state index is 5.25. The molecule has 0 fully saturated rings. The first kappa shape index (κ1) is 27.3. The van der Waals surface area contributed by atoms with E-state index in [0.29, 0.717) is 0 Å². The number of aromatic nitrogens is 3. The van der Waals surface area contributed by atoms with Crippen LogP contribution in [0.2, 0.25) is 0 Å². The van der Waals surface area contributed by atoms with Crippen LogP contribution < -0.4 is 0 Å². The number of hydrogen-bond acceptors (Lipinski definition) is 2. The van der Waals surface area contributed by atoms with Crippen molar-refractivity contribution in [2.75, 3.05) is 0 Å². The molecule has 0 N–H and O–H groups in total. The van der Waals surface area contributed by atoms with Crippen LogP contribution >= 0.6 is 11.3 Å². The molecule has 0 unspecified atom stereocenters. The summed E-state index contributed by atoms with van der Waals surface area (Å²) < 4.78 is 4.96. The lowest BCUT2D eigenvalue weighted by atomic mass is 9.98. The molecule has 236 valence electrons. The zero-order valence-corrected chi connectivity index (χ0v) is 28.2. The second-order valence-corrected chi connectivity index (χ2v) is 14.5. The van der Waals surface area contributed by atoms with E-state index in [1.165, 1.54) is 81.2 Å². The molecule has 11 aromatic rings. The number of benzene rings is 8. The van der Waals surface area contributed by atoms with Gasteiger partial charge in [0.25, 0.3) is 0 Å². The van der Waals surface area contributed by atoms with E-state index in [1.807, 2.05) is 0 Å². The van der Waals surface area contributed by atoms with E-state index < -0.39 is 0 Å². The minimum atomic E-state index is 1.05. The average molecular weight is 666 g/mol. The summed E-state index contributed by atoms with van der Waals surface area (Å²) in [4.78, 5) is 6.52. The van der Waals surface area contributed by atoms with Gasteiger partial charge in [0.2, 0.25) is 0 Å². The van der Waals surface area contributed by atoms with Gasteiger partial charge in [-0.15, -0.1) is 11.3 Å². The Kier molecular flexibility index (Phi) is 5.38. The number of fused-ring (bicyclic) bond motifs is 13. The van der Waals surface area contributed by atoms with Crippen LogP contribution in [0.4, 0.5) is 0 Å². The van der Waals surface area contributed by atoms with Gasteiger partial charge in [0.05, 0.1) is 32.6 Å². The smallest absolute Gasteiger partial charge is 0.124 e. The molecule has 0 saturated carbocycles. The molecule has 0 atom stereocenters. The van der Waals surface area contributed by atoms with E-state index in [9.17, 15) is 0 Å². The van der Waals surface area contributed by atoms with Crippen LogP contribution in [0.15, 0.2) is 164 Å². The summed E-state index contributed by atoms with van der Waals surface area (Å²) in [5.74, 6) is 0. The summed E-state index contributed by atoms with van der Waals surface area (Å²) in [5, 5.41) is 11.3. The molecule has 0 amide bonds. The Morgan fingerprint density at radius 2 is 0.941 bits per heavy atom. The normalized spacial score (nSPS) is 12.3. The third-order valence-electron chi connectivity index (χ3n) is 10.9. The summed E-state index contributed by atoms with van der Waals surface area (Å²) in [6.45, 7) is 0. The molecule has 4 heteroatoms. The zero-order valence-electron chi connectivity index (χ0n) is 27.3. The van der Waals surface area contributed by atoms with Gasteiger partial charge in [0.1, 0.15) is 5.01 Å². The van der Waals surface area contributed by atoms with E-state index in [0.717, 1.165) is 27.6 Å². The van der Waals surface area contributed by atoms with E-state index in [4.69, 9.17) is 4.98 Å². The number of rotatable bonds is 3. The monoisotopic (exact) mass is 665 g/mol. The van der Waals surface area contributed by atoms with Crippen molar-refractivity contribution in [3.05, 3.63) is 164 Å². The SMILES string of the molecule is c1ccc(-n2c3ccccc3c3c4ccccc4c4c5ccccc5n(-c5ccc(-c6nc7c(s6)-c6cccc8cccc-7c68)cc5)c4c32)cc1. The molecular weight excluding hydrogens is 639 g/mol. The fourth-order valence-corrected chi connectivity index (χ4v) is 9.91. The highest BCUT2D eigenvalue weighted by atomic mass is 32.1. The van der Waals surface area contributed by atoms with E-state index in [2.05, 4.69) is 173 Å². The van der Waals surface area contributed by atoms with Gasteiger partial charge in [-0.1, -0.05) is 115 Å². The number of hydrogen-bond donors (Lipinski definition) is 0. The van der Waals surface area contributed by atoms with Gasteiger partial charge in [0, 0.05) is 49.6 Å². The highest BCUT2D eigenvalue weighted by Crippen LogP contribution is 2.51. The molecule has 8 aromatic carbocycles. The molecule has 1 aliphatic carbocycles. The summed E-state index contributed by atoms with van der Waals surface area (Å²) in [6.07, 6.45) is 0. The van der Waals surface area contributed by atoms with Gasteiger partial charge >= 0.3 is 0 Å². The molecule has 0 spiro atoms. The molecule has 3 nitrogen and oxygen atoms in total. The first-order valence-electron chi connectivity index (χ1n) is 17.4. The lowest BCUT2D eigenvalue weighted by Gasteiger charge is -2.14. The first-order chi connectivity index (χ1) is 25.3. The molecule has 0 aliphatic heterocycles. The largest absolute Gasteiger partial charge is 0.307 e. The van der Waals surface area contributed by atoms with Crippen LogP contribution in [0.25, 0.3) is 109 Å². The Balaban J connectivity index is 1.15. The van der Waals surface area contributed by atoms with Crippen molar-refractivity contribution in [3.63, 3.8) is 0 Å². The summed E-state index contributed by atoms with van der Waals surface area (Å²) >= 11 is 1.80. The van der Waals surface area contributed by atoms with Gasteiger partial charge < -0.3 is 9.13 Å². The Morgan fingerprint density at radius 1 is 0.412 bits per heavy atom. The van der Waals surface area contributed by atoms with Crippen LogP contribution in [0.1, 0.15) is 0 Å². The standard InChI is InChI=1S/C47H27N3S/c1-2-14-30(15-3-1)49-38-22-8-6-18-34(38)41-32-16-4-5-17-33(32)42-35-19-7-9-23-39(35)50(45(42)44(41)49)31-26-24-29(25-27-31)47-48-43-36-20-10-12-28-13-11-21-37(40(28)36)46(43)51-47/h1-27H. The lowest BCUT2D eigenvalue weighted by Crippen LogP contribution is -1.99. The van der Waals surface area contributed by atoms with Crippen LogP contribution in [0, 0.1) is 0 Å². The van der Waals surface area contributed by atoms with Crippen molar-refractivity contribution in [1.82, 2.24) is 14.1 Å². The van der Waals surface area contributed by atoms with Crippen LogP contribution in [0.3, 0.4) is 0 Å². The van der Waals surface area contributed by atoms with Gasteiger partial charge in [-0.2, -0.15) is 0 Å². The molecule has 51 heavy (non-hydrogen) atoms. The third-order valence-corrected chi connectivity index (χ3v) is 12.0. The zero-order chi connectivity index (χ0) is 33.2. The van der Waals surface area contributed by atoms with Gasteiger partial charge in [-0.25, -0.2) is 4.98 Å². The van der Waals surface area contributed by atoms with Crippen LogP contribution in [-0.2, 0) is 0 Å². The molecular formula is C47H27N3S. The minimum Gasteiger partial charge on any atom is -0.307 e. The highest BCUT2D eigenvalue weighted by Gasteiger charge is 2.27. The molecule has 3 aromatic heterocycles. The summed E-state index contributed by atoms with van der Waals surface area (Å²) in [5.41, 5.74) is 11.9. The maximum Gasteiger partial charge on any atom is 0.124 e. The lowest BCUT2D eigenvalue weighted by molar-refractivity contribution is 1.15. The molecule has 12 rings (SSSR count). The van der Waals surface area contributed by atoms with Crippen molar-refractivity contribution in [2.24, 2.45) is 0 Å². The van der Waals surface area contributed by atoms with Gasteiger partial charge in [-0.3, -0.25) is 0 Å². The Morgan fingerprint density at radius 3 is 1.57 bits per heavy atom.